The molecule has 12 heteroatoms. The number of aromatic nitrogens is 1. The van der Waals surface area contributed by atoms with E-state index in [1.54, 1.807) is 30.5 Å². The third-order valence-electron chi connectivity index (χ3n) is 5.70. The standard InChI is InChI=1S/C22H19F3N2O6S/c23-22(24,25)34(29,30)33-17-5-4-14(8-17)18(28)7-13-6-16(11-27-10-13)20-12-31-21-15(9-26)2-1-3-19(21)32-20/h1-3,6,10-11,14,17,20H,4-5,7-8,12H2/t14?,17-,20?/m1/s1. The highest BCUT2D eigenvalue weighted by atomic mass is 32.2. The van der Waals surface area contributed by atoms with Crippen molar-refractivity contribution in [3.63, 3.8) is 0 Å². The highest BCUT2D eigenvalue weighted by Gasteiger charge is 2.49. The van der Waals surface area contributed by atoms with Crippen molar-refractivity contribution in [1.82, 2.24) is 4.98 Å². The van der Waals surface area contributed by atoms with Crippen LogP contribution in [0.2, 0.25) is 0 Å². The van der Waals surface area contributed by atoms with Crippen LogP contribution in [0.25, 0.3) is 0 Å². The lowest BCUT2D eigenvalue weighted by atomic mass is 9.96. The van der Waals surface area contributed by atoms with Gasteiger partial charge in [0.15, 0.2) is 17.6 Å². The van der Waals surface area contributed by atoms with Crippen molar-refractivity contribution in [2.24, 2.45) is 5.92 Å². The molecule has 34 heavy (non-hydrogen) atoms. The van der Waals surface area contributed by atoms with Crippen LogP contribution in [0.3, 0.4) is 0 Å². The minimum Gasteiger partial charge on any atom is -0.484 e. The van der Waals surface area contributed by atoms with Crippen molar-refractivity contribution >= 4 is 15.9 Å². The molecule has 8 nitrogen and oxygen atoms in total. The fourth-order valence-electron chi connectivity index (χ4n) is 4.04. The fraction of sp³-hybridized carbons (Fsp3) is 0.409. The Morgan fingerprint density at radius 3 is 2.79 bits per heavy atom. The number of carbonyl (C=O) groups excluding carboxylic acids is 1. The van der Waals surface area contributed by atoms with Gasteiger partial charge in [-0.3, -0.25) is 14.0 Å². The lowest BCUT2D eigenvalue weighted by Gasteiger charge is -2.27. The maximum absolute atomic E-state index is 12.7. The Kier molecular flexibility index (Phi) is 6.51. The second-order valence-corrected chi connectivity index (χ2v) is 9.62. The summed E-state index contributed by atoms with van der Waals surface area (Å²) in [7, 11) is -5.70. The molecule has 2 aliphatic rings. The van der Waals surface area contributed by atoms with Gasteiger partial charge in [0.25, 0.3) is 0 Å². The Labute approximate surface area is 193 Å². The maximum Gasteiger partial charge on any atom is 0.523 e. The number of ketones is 1. The van der Waals surface area contributed by atoms with E-state index in [0.717, 1.165) is 0 Å². The number of rotatable bonds is 6. The number of nitriles is 1. The molecule has 0 spiro atoms. The van der Waals surface area contributed by atoms with Gasteiger partial charge in [0.1, 0.15) is 18.5 Å². The second kappa shape index (κ2) is 9.23. The Morgan fingerprint density at radius 2 is 2.06 bits per heavy atom. The number of carbonyl (C=O) groups is 1. The summed E-state index contributed by atoms with van der Waals surface area (Å²) in [6, 6.07) is 8.74. The third-order valence-corrected chi connectivity index (χ3v) is 6.79. The van der Waals surface area contributed by atoms with Gasteiger partial charge in [-0.25, -0.2) is 0 Å². The summed E-state index contributed by atoms with van der Waals surface area (Å²) in [6.45, 7) is 0.139. The van der Waals surface area contributed by atoms with Crippen LogP contribution in [0.15, 0.2) is 36.7 Å². The van der Waals surface area contributed by atoms with Crippen molar-refractivity contribution in [2.45, 2.75) is 43.4 Å². The van der Waals surface area contributed by atoms with Crippen LogP contribution in [-0.4, -0.2) is 37.4 Å². The molecule has 0 saturated heterocycles. The lowest BCUT2D eigenvalue weighted by molar-refractivity contribution is -0.122. The van der Waals surface area contributed by atoms with E-state index >= 15 is 0 Å². The second-order valence-electron chi connectivity index (χ2n) is 8.06. The maximum atomic E-state index is 12.7. The Balaban J connectivity index is 1.39. The van der Waals surface area contributed by atoms with Crippen LogP contribution in [0.5, 0.6) is 11.5 Å². The van der Waals surface area contributed by atoms with Crippen LogP contribution >= 0.6 is 0 Å². The molecule has 4 rings (SSSR count). The van der Waals surface area contributed by atoms with Gasteiger partial charge in [-0.1, -0.05) is 6.07 Å². The number of pyridine rings is 1. The molecule has 2 unspecified atom stereocenters. The van der Waals surface area contributed by atoms with Gasteiger partial charge >= 0.3 is 15.6 Å². The molecular formula is C22H19F3N2O6S. The van der Waals surface area contributed by atoms with E-state index in [-0.39, 0.29) is 38.1 Å². The minimum absolute atomic E-state index is 0.0208. The number of hydrogen-bond donors (Lipinski definition) is 0. The average molecular weight is 496 g/mol. The van der Waals surface area contributed by atoms with E-state index in [1.807, 2.05) is 6.07 Å². The molecule has 1 aromatic carbocycles. The van der Waals surface area contributed by atoms with Crippen LogP contribution < -0.4 is 9.47 Å². The van der Waals surface area contributed by atoms with Gasteiger partial charge in [0, 0.05) is 30.3 Å². The van der Waals surface area contributed by atoms with E-state index in [4.69, 9.17) is 9.47 Å². The molecule has 1 aliphatic heterocycles. The number of nitrogens with zero attached hydrogens (tertiary/aromatic N) is 2. The number of ether oxygens (including phenoxy) is 2. The largest absolute Gasteiger partial charge is 0.523 e. The molecule has 1 aromatic heterocycles. The number of Topliss-reactive ketones (excluding diaryl/α,β-unsaturated/α-hetero) is 1. The summed E-state index contributed by atoms with van der Waals surface area (Å²) in [5.41, 5.74) is -3.91. The van der Waals surface area contributed by atoms with Crippen molar-refractivity contribution in [1.29, 1.82) is 5.26 Å². The van der Waals surface area contributed by atoms with E-state index < -0.39 is 33.8 Å². The number of halogens is 3. The van der Waals surface area contributed by atoms with Crippen LogP contribution in [0.1, 0.15) is 42.1 Å². The number of fused-ring (bicyclic) bond motifs is 1. The van der Waals surface area contributed by atoms with E-state index in [2.05, 4.69) is 9.17 Å². The highest BCUT2D eigenvalue weighted by Crippen LogP contribution is 2.39. The first kappa shape index (κ1) is 24.0. The zero-order chi connectivity index (χ0) is 24.5. The normalized spacial score (nSPS) is 22.2. The van der Waals surface area contributed by atoms with Gasteiger partial charge in [0.2, 0.25) is 0 Å². The molecule has 0 N–H and O–H groups in total. The van der Waals surface area contributed by atoms with E-state index in [0.29, 0.717) is 28.2 Å². The summed E-state index contributed by atoms with van der Waals surface area (Å²) in [5, 5.41) is 9.18. The first-order valence-electron chi connectivity index (χ1n) is 10.4. The monoisotopic (exact) mass is 496 g/mol. The Hall–Kier alpha value is -3.17. The summed E-state index contributed by atoms with van der Waals surface area (Å²) < 4.78 is 75.9. The van der Waals surface area contributed by atoms with Crippen LogP contribution in [0.4, 0.5) is 13.2 Å². The molecular weight excluding hydrogens is 477 g/mol. The van der Waals surface area contributed by atoms with Crippen molar-refractivity contribution in [3.8, 4) is 17.6 Å². The Bertz CT molecular complexity index is 1240. The highest BCUT2D eigenvalue weighted by molar-refractivity contribution is 7.87. The Morgan fingerprint density at radius 1 is 1.26 bits per heavy atom. The number of para-hydroxylation sites is 1. The zero-order valence-corrected chi connectivity index (χ0v) is 18.4. The van der Waals surface area contributed by atoms with Gasteiger partial charge in [-0.05, 0) is 43.0 Å². The molecule has 0 radical (unpaired) electrons. The van der Waals surface area contributed by atoms with Crippen molar-refractivity contribution in [2.75, 3.05) is 6.61 Å². The zero-order valence-electron chi connectivity index (χ0n) is 17.6. The van der Waals surface area contributed by atoms with Gasteiger partial charge in [-0.15, -0.1) is 0 Å². The summed E-state index contributed by atoms with van der Waals surface area (Å²) in [4.78, 5) is 16.9. The third kappa shape index (κ3) is 5.00. The lowest BCUT2D eigenvalue weighted by Crippen LogP contribution is -2.29. The van der Waals surface area contributed by atoms with E-state index in [1.165, 1.54) is 6.20 Å². The van der Waals surface area contributed by atoms with Gasteiger partial charge in [-0.2, -0.15) is 26.9 Å². The molecule has 2 aromatic rings. The van der Waals surface area contributed by atoms with Crippen molar-refractivity contribution < 1.29 is 40.0 Å². The minimum atomic E-state index is -5.70. The number of alkyl halides is 3. The predicted octanol–water partition coefficient (Wildman–Crippen LogP) is 3.61. The molecule has 1 aliphatic carbocycles. The number of benzene rings is 1. The fourth-order valence-corrected chi connectivity index (χ4v) is 4.68. The smallest absolute Gasteiger partial charge is 0.484 e. The SMILES string of the molecule is N#Cc1cccc2c1OCC(c1cncc(CC(=O)C3CC[C@@H](OS(=O)(=O)C(F)(F)F)C3)c1)O2. The summed E-state index contributed by atoms with van der Waals surface area (Å²) in [6.07, 6.45) is 1.54. The predicted molar refractivity (Wildman–Crippen MR) is 110 cm³/mol. The molecule has 1 fully saturated rings. The summed E-state index contributed by atoms with van der Waals surface area (Å²) in [5.74, 6) is -0.0596. The average Bonchev–Trinajstić information content (AvgIpc) is 3.25. The summed E-state index contributed by atoms with van der Waals surface area (Å²) >= 11 is 0. The molecule has 0 bridgehead atoms. The van der Waals surface area contributed by atoms with E-state index in [9.17, 15) is 31.6 Å². The molecule has 0 amide bonds. The molecule has 2 heterocycles. The molecule has 1 saturated carbocycles. The topological polar surface area (TPSA) is 116 Å². The van der Waals surface area contributed by atoms with Crippen LogP contribution in [-0.2, 0) is 25.5 Å². The molecule has 180 valence electrons. The first-order valence-corrected chi connectivity index (χ1v) is 11.8. The molecule has 3 atom stereocenters. The van der Waals surface area contributed by atoms with Gasteiger partial charge < -0.3 is 9.47 Å². The van der Waals surface area contributed by atoms with Crippen molar-refractivity contribution in [3.05, 3.63) is 53.3 Å². The first-order chi connectivity index (χ1) is 16.1. The number of hydrogen-bond acceptors (Lipinski definition) is 8. The van der Waals surface area contributed by atoms with Gasteiger partial charge in [0.05, 0.1) is 11.7 Å². The quantitative estimate of drug-likeness (QED) is 0.440. The van der Waals surface area contributed by atoms with Crippen LogP contribution in [0, 0.1) is 17.2 Å².